The summed E-state index contributed by atoms with van der Waals surface area (Å²) in [6.07, 6.45) is 0. The van der Waals surface area contributed by atoms with E-state index in [4.69, 9.17) is 9.47 Å². The van der Waals surface area contributed by atoms with Crippen LogP contribution in [0, 0.1) is 6.92 Å². The number of nitrogens with one attached hydrogen (secondary N) is 1. The van der Waals surface area contributed by atoms with Gasteiger partial charge >= 0.3 is 0 Å². The molecule has 3 aromatic carbocycles. The highest BCUT2D eigenvalue weighted by atomic mass is 32.2. The number of para-hydroxylation sites is 1. The summed E-state index contributed by atoms with van der Waals surface area (Å²) in [7, 11) is -0.964. The van der Waals surface area contributed by atoms with E-state index in [1.807, 2.05) is 6.07 Å². The molecule has 1 N–H and O–H groups in total. The van der Waals surface area contributed by atoms with Gasteiger partial charge in [-0.1, -0.05) is 36.4 Å². The van der Waals surface area contributed by atoms with Crippen molar-refractivity contribution in [3.05, 3.63) is 78.4 Å². The number of nitrogens with zero attached hydrogens (tertiary/aromatic N) is 1. The summed E-state index contributed by atoms with van der Waals surface area (Å²) in [6.45, 7) is 1.39. The van der Waals surface area contributed by atoms with Crippen LogP contribution in [0.2, 0.25) is 0 Å². The average molecular weight is 441 g/mol. The zero-order valence-corrected chi connectivity index (χ0v) is 18.3. The number of hydrogen-bond donors (Lipinski definition) is 1. The molecule has 0 saturated heterocycles. The number of carbonyl (C=O) groups excluding carboxylic acids is 1. The van der Waals surface area contributed by atoms with E-state index >= 15 is 0 Å². The van der Waals surface area contributed by atoms with Crippen molar-refractivity contribution in [1.82, 2.24) is 0 Å². The number of methoxy groups -OCH3 is 2. The Morgan fingerprint density at radius 1 is 0.935 bits per heavy atom. The summed E-state index contributed by atoms with van der Waals surface area (Å²) in [5.41, 5.74) is 1.58. The summed E-state index contributed by atoms with van der Waals surface area (Å²) in [5, 5.41) is 2.73. The molecule has 0 spiro atoms. The van der Waals surface area contributed by atoms with Gasteiger partial charge in [-0.05, 0) is 42.8 Å². The maximum absolute atomic E-state index is 13.4. The second kappa shape index (κ2) is 9.53. The van der Waals surface area contributed by atoms with Gasteiger partial charge in [0.05, 0.1) is 30.5 Å². The Morgan fingerprint density at radius 3 is 2.26 bits per heavy atom. The monoisotopic (exact) mass is 440 g/mol. The van der Waals surface area contributed by atoms with E-state index < -0.39 is 22.5 Å². The highest BCUT2D eigenvalue weighted by Crippen LogP contribution is 2.30. The lowest BCUT2D eigenvalue weighted by Crippen LogP contribution is -2.38. The molecule has 0 atom stereocenters. The Bertz CT molecular complexity index is 1160. The van der Waals surface area contributed by atoms with Gasteiger partial charge in [0, 0.05) is 6.07 Å². The van der Waals surface area contributed by atoms with E-state index in [9.17, 15) is 13.2 Å². The fraction of sp³-hybridized carbons (Fsp3) is 0.174. The molecular formula is C23H24N2O5S. The van der Waals surface area contributed by atoms with E-state index in [1.54, 1.807) is 61.5 Å². The third-order valence-electron chi connectivity index (χ3n) is 4.69. The largest absolute Gasteiger partial charge is 0.497 e. The van der Waals surface area contributed by atoms with Gasteiger partial charge in [0.1, 0.15) is 18.0 Å². The van der Waals surface area contributed by atoms with Crippen LogP contribution in [-0.4, -0.2) is 35.1 Å². The topological polar surface area (TPSA) is 84.9 Å². The molecule has 162 valence electrons. The molecule has 0 aliphatic rings. The van der Waals surface area contributed by atoms with Crippen molar-refractivity contribution in [3.63, 3.8) is 0 Å². The third-order valence-corrected chi connectivity index (χ3v) is 6.46. The molecular weight excluding hydrogens is 416 g/mol. The van der Waals surface area contributed by atoms with Gasteiger partial charge < -0.3 is 14.8 Å². The molecule has 7 nitrogen and oxygen atoms in total. The van der Waals surface area contributed by atoms with Gasteiger partial charge in [-0.25, -0.2) is 8.42 Å². The number of hydrogen-bond acceptors (Lipinski definition) is 5. The van der Waals surface area contributed by atoms with Crippen molar-refractivity contribution >= 4 is 27.3 Å². The Morgan fingerprint density at radius 2 is 1.61 bits per heavy atom. The lowest BCUT2D eigenvalue weighted by atomic mass is 10.2. The van der Waals surface area contributed by atoms with Gasteiger partial charge in [0.25, 0.3) is 10.0 Å². The SMILES string of the molecule is COc1ccc(NC(=O)CN(c2ccccc2C)S(=O)(=O)c2ccccc2)c(OC)c1. The van der Waals surface area contributed by atoms with Gasteiger partial charge in [-0.2, -0.15) is 0 Å². The van der Waals surface area contributed by atoms with Crippen molar-refractivity contribution in [3.8, 4) is 11.5 Å². The van der Waals surface area contributed by atoms with Gasteiger partial charge in [0.2, 0.25) is 5.91 Å². The zero-order valence-electron chi connectivity index (χ0n) is 17.5. The van der Waals surface area contributed by atoms with Crippen LogP contribution < -0.4 is 19.1 Å². The molecule has 0 aromatic heterocycles. The first kappa shape index (κ1) is 22.2. The molecule has 3 rings (SSSR count). The minimum atomic E-state index is -3.97. The van der Waals surface area contributed by atoms with Crippen LogP contribution in [0.3, 0.4) is 0 Å². The van der Waals surface area contributed by atoms with Crippen molar-refractivity contribution in [2.24, 2.45) is 0 Å². The minimum Gasteiger partial charge on any atom is -0.497 e. The third kappa shape index (κ3) is 4.97. The predicted octanol–water partition coefficient (Wildman–Crippen LogP) is 3.85. The fourth-order valence-corrected chi connectivity index (χ4v) is 4.59. The van der Waals surface area contributed by atoms with Crippen LogP contribution >= 0.6 is 0 Å². The predicted molar refractivity (Wildman–Crippen MR) is 120 cm³/mol. The normalized spacial score (nSPS) is 10.9. The molecule has 0 radical (unpaired) electrons. The Labute approximate surface area is 182 Å². The average Bonchev–Trinajstić information content (AvgIpc) is 2.79. The molecule has 0 unspecified atom stereocenters. The smallest absolute Gasteiger partial charge is 0.264 e. The Balaban J connectivity index is 1.95. The van der Waals surface area contributed by atoms with E-state index in [1.165, 1.54) is 26.4 Å². The number of carbonyl (C=O) groups is 1. The molecule has 1 amide bonds. The van der Waals surface area contributed by atoms with Crippen molar-refractivity contribution in [1.29, 1.82) is 0 Å². The summed E-state index contributed by atoms with van der Waals surface area (Å²) in [5.74, 6) is 0.468. The first-order chi connectivity index (χ1) is 14.9. The van der Waals surface area contributed by atoms with Gasteiger partial charge in [-0.3, -0.25) is 9.10 Å². The molecule has 3 aromatic rings. The highest BCUT2D eigenvalue weighted by molar-refractivity contribution is 7.92. The van der Waals surface area contributed by atoms with Crippen LogP contribution in [0.25, 0.3) is 0 Å². The van der Waals surface area contributed by atoms with Crippen LogP contribution in [-0.2, 0) is 14.8 Å². The van der Waals surface area contributed by atoms with Gasteiger partial charge in [0.15, 0.2) is 0 Å². The summed E-state index contributed by atoms with van der Waals surface area (Å²) in [4.78, 5) is 13.0. The summed E-state index contributed by atoms with van der Waals surface area (Å²) in [6, 6.07) is 20.0. The van der Waals surface area contributed by atoms with Crippen LogP contribution in [0.1, 0.15) is 5.56 Å². The molecule has 31 heavy (non-hydrogen) atoms. The Kier molecular flexibility index (Phi) is 6.81. The van der Waals surface area contributed by atoms with Crippen LogP contribution in [0.15, 0.2) is 77.7 Å². The number of amides is 1. The zero-order chi connectivity index (χ0) is 22.4. The number of aryl methyl sites for hydroxylation is 1. The van der Waals surface area contributed by atoms with Crippen LogP contribution in [0.4, 0.5) is 11.4 Å². The lowest BCUT2D eigenvalue weighted by Gasteiger charge is -2.25. The van der Waals surface area contributed by atoms with Gasteiger partial charge in [-0.15, -0.1) is 0 Å². The maximum atomic E-state index is 13.4. The number of ether oxygens (including phenoxy) is 2. The number of rotatable bonds is 8. The van der Waals surface area contributed by atoms with Crippen molar-refractivity contribution < 1.29 is 22.7 Å². The second-order valence-electron chi connectivity index (χ2n) is 6.73. The molecule has 0 saturated carbocycles. The lowest BCUT2D eigenvalue weighted by molar-refractivity contribution is -0.114. The molecule has 0 aliphatic heterocycles. The van der Waals surface area contributed by atoms with E-state index in [2.05, 4.69) is 5.32 Å². The van der Waals surface area contributed by atoms with E-state index in [0.717, 1.165) is 9.87 Å². The van der Waals surface area contributed by atoms with E-state index in [0.29, 0.717) is 22.9 Å². The molecule has 0 fully saturated rings. The minimum absolute atomic E-state index is 0.105. The summed E-state index contributed by atoms with van der Waals surface area (Å²) < 4.78 is 38.4. The molecule has 0 bridgehead atoms. The number of benzene rings is 3. The first-order valence-corrected chi connectivity index (χ1v) is 11.0. The summed E-state index contributed by atoms with van der Waals surface area (Å²) >= 11 is 0. The first-order valence-electron chi connectivity index (χ1n) is 9.52. The Hall–Kier alpha value is -3.52. The standard InChI is InChI=1S/C23H24N2O5S/c1-17-9-7-8-12-21(17)25(31(27,28)19-10-5-4-6-11-19)16-23(26)24-20-14-13-18(29-2)15-22(20)30-3/h4-15H,16H2,1-3H3,(H,24,26). The maximum Gasteiger partial charge on any atom is 0.264 e. The molecule has 0 heterocycles. The quantitative estimate of drug-likeness (QED) is 0.575. The van der Waals surface area contributed by atoms with Crippen molar-refractivity contribution in [2.45, 2.75) is 11.8 Å². The van der Waals surface area contributed by atoms with Crippen molar-refractivity contribution in [2.75, 3.05) is 30.4 Å². The van der Waals surface area contributed by atoms with Crippen LogP contribution in [0.5, 0.6) is 11.5 Å². The number of sulfonamides is 1. The highest BCUT2D eigenvalue weighted by Gasteiger charge is 2.28. The fourth-order valence-electron chi connectivity index (χ4n) is 3.08. The molecule has 8 heteroatoms. The number of anilines is 2. The molecule has 0 aliphatic carbocycles. The van der Waals surface area contributed by atoms with E-state index in [-0.39, 0.29) is 4.90 Å². The second-order valence-corrected chi connectivity index (χ2v) is 8.59.